The maximum absolute atomic E-state index is 12.5. The number of Topliss-reactive ketones (excluding diaryl/α,β-unsaturated/α-hetero) is 1. The van der Waals surface area contributed by atoms with Crippen LogP contribution in [0.2, 0.25) is 0 Å². The second-order valence-electron chi connectivity index (χ2n) is 6.00. The Morgan fingerprint density at radius 2 is 1.86 bits per heavy atom. The van der Waals surface area contributed by atoms with Crippen LogP contribution in [0.1, 0.15) is 26.3 Å². The van der Waals surface area contributed by atoms with Crippen molar-refractivity contribution in [2.24, 2.45) is 0 Å². The zero-order chi connectivity index (χ0) is 19.5. The first-order chi connectivity index (χ1) is 13.6. The molecule has 0 fully saturated rings. The smallest absolute Gasteiger partial charge is 0.345 e. The number of esters is 1. The summed E-state index contributed by atoms with van der Waals surface area (Å²) in [5.74, 6) is 0.801. The van der Waals surface area contributed by atoms with Crippen molar-refractivity contribution in [2.45, 2.75) is 0 Å². The molecule has 3 aromatic rings. The summed E-state index contributed by atoms with van der Waals surface area (Å²) in [4.78, 5) is 28.6. The van der Waals surface area contributed by atoms with Gasteiger partial charge in [0.15, 0.2) is 5.76 Å². The van der Waals surface area contributed by atoms with Gasteiger partial charge in [-0.3, -0.25) is 9.78 Å². The highest BCUT2D eigenvalue weighted by Crippen LogP contribution is 2.35. The molecule has 1 aromatic heterocycles. The lowest BCUT2D eigenvalue weighted by Crippen LogP contribution is -2.08. The monoisotopic (exact) mass is 373 g/mol. The maximum Gasteiger partial charge on any atom is 0.345 e. The molecular formula is C22H15NO5. The number of ether oxygens (including phenoxy) is 3. The van der Waals surface area contributed by atoms with Crippen LogP contribution in [0.25, 0.3) is 6.08 Å². The molecule has 1 aliphatic rings. The van der Waals surface area contributed by atoms with Crippen LogP contribution in [-0.4, -0.2) is 23.8 Å². The normalized spacial score (nSPS) is 13.8. The number of fused-ring (bicyclic) bond motifs is 1. The van der Waals surface area contributed by atoms with E-state index in [0.29, 0.717) is 16.9 Å². The van der Waals surface area contributed by atoms with Gasteiger partial charge >= 0.3 is 5.97 Å². The molecule has 0 saturated heterocycles. The number of hydrogen-bond acceptors (Lipinski definition) is 6. The number of nitrogens with zero attached hydrogens (tertiary/aromatic N) is 1. The molecule has 1 aliphatic heterocycles. The lowest BCUT2D eigenvalue weighted by atomic mass is 10.1. The maximum atomic E-state index is 12.5. The lowest BCUT2D eigenvalue weighted by Gasteiger charge is -2.05. The van der Waals surface area contributed by atoms with Crippen molar-refractivity contribution in [3.8, 4) is 17.2 Å². The third-order valence-corrected chi connectivity index (χ3v) is 4.16. The Kier molecular flexibility index (Phi) is 4.60. The molecule has 0 bridgehead atoms. The van der Waals surface area contributed by atoms with E-state index in [-0.39, 0.29) is 17.3 Å². The number of aromatic nitrogens is 1. The molecule has 138 valence electrons. The number of methoxy groups -OCH3 is 1. The summed E-state index contributed by atoms with van der Waals surface area (Å²) in [6.45, 7) is 0. The second-order valence-corrected chi connectivity index (χ2v) is 6.00. The van der Waals surface area contributed by atoms with Crippen LogP contribution in [0.3, 0.4) is 0 Å². The van der Waals surface area contributed by atoms with Gasteiger partial charge in [-0.15, -0.1) is 0 Å². The fourth-order valence-electron chi connectivity index (χ4n) is 2.73. The minimum absolute atomic E-state index is 0.205. The van der Waals surface area contributed by atoms with E-state index in [1.807, 2.05) is 12.1 Å². The zero-order valence-corrected chi connectivity index (χ0v) is 14.9. The second kappa shape index (κ2) is 7.36. The molecule has 0 N–H and O–H groups in total. The Morgan fingerprint density at radius 3 is 2.57 bits per heavy atom. The van der Waals surface area contributed by atoms with E-state index in [4.69, 9.17) is 14.2 Å². The van der Waals surface area contributed by atoms with Crippen molar-refractivity contribution < 1.29 is 23.8 Å². The number of rotatable bonds is 4. The highest BCUT2D eigenvalue weighted by atomic mass is 16.5. The van der Waals surface area contributed by atoms with Crippen LogP contribution in [0.15, 0.2) is 72.8 Å². The first-order valence-electron chi connectivity index (χ1n) is 8.48. The number of benzene rings is 2. The van der Waals surface area contributed by atoms with Gasteiger partial charge < -0.3 is 14.2 Å². The Hall–Kier alpha value is -3.93. The van der Waals surface area contributed by atoms with Crippen molar-refractivity contribution in [2.75, 3.05) is 7.11 Å². The Bertz CT molecular complexity index is 1070. The molecule has 4 rings (SSSR count). The van der Waals surface area contributed by atoms with Crippen molar-refractivity contribution in [3.05, 3.63) is 89.4 Å². The predicted molar refractivity (Wildman–Crippen MR) is 102 cm³/mol. The molecule has 0 atom stereocenters. The van der Waals surface area contributed by atoms with Gasteiger partial charge in [0, 0.05) is 18.5 Å². The number of hydrogen-bond donors (Lipinski definition) is 0. The molecular weight excluding hydrogens is 358 g/mol. The minimum atomic E-state index is -0.536. The third kappa shape index (κ3) is 3.48. The SMILES string of the molecule is COc1ccc(/C=C2\Oc3cc(OC(=O)c4cccnc4)ccc3C2=O)cc1. The van der Waals surface area contributed by atoms with Gasteiger partial charge in [0.05, 0.1) is 18.2 Å². The summed E-state index contributed by atoms with van der Waals surface area (Å²) < 4.78 is 16.1. The van der Waals surface area contributed by atoms with Crippen LogP contribution >= 0.6 is 0 Å². The van der Waals surface area contributed by atoms with E-state index >= 15 is 0 Å². The van der Waals surface area contributed by atoms with Crippen LogP contribution in [0.5, 0.6) is 17.2 Å². The highest BCUT2D eigenvalue weighted by molar-refractivity contribution is 6.14. The molecule has 0 amide bonds. The van der Waals surface area contributed by atoms with Crippen molar-refractivity contribution in [3.63, 3.8) is 0 Å². The van der Waals surface area contributed by atoms with E-state index in [9.17, 15) is 9.59 Å². The fraction of sp³-hybridized carbons (Fsp3) is 0.0455. The fourth-order valence-corrected chi connectivity index (χ4v) is 2.73. The van der Waals surface area contributed by atoms with Crippen LogP contribution in [0, 0.1) is 0 Å². The van der Waals surface area contributed by atoms with E-state index in [2.05, 4.69) is 4.98 Å². The first-order valence-corrected chi connectivity index (χ1v) is 8.48. The van der Waals surface area contributed by atoms with Crippen LogP contribution in [0.4, 0.5) is 0 Å². The number of carbonyl (C=O) groups excluding carboxylic acids is 2. The zero-order valence-electron chi connectivity index (χ0n) is 14.9. The van der Waals surface area contributed by atoms with Crippen LogP contribution in [-0.2, 0) is 0 Å². The van der Waals surface area contributed by atoms with Crippen molar-refractivity contribution in [1.82, 2.24) is 4.98 Å². The first kappa shape index (κ1) is 17.5. The van der Waals surface area contributed by atoms with Gasteiger partial charge in [-0.1, -0.05) is 12.1 Å². The number of carbonyl (C=O) groups is 2. The van der Waals surface area contributed by atoms with Crippen molar-refractivity contribution in [1.29, 1.82) is 0 Å². The van der Waals surface area contributed by atoms with Gasteiger partial charge in [-0.05, 0) is 48.0 Å². The Morgan fingerprint density at radius 1 is 1.07 bits per heavy atom. The topological polar surface area (TPSA) is 74.7 Å². The molecule has 2 aromatic carbocycles. The molecule has 0 unspecified atom stereocenters. The number of pyridine rings is 1. The summed E-state index contributed by atoms with van der Waals surface area (Å²) in [7, 11) is 1.59. The molecule has 0 saturated carbocycles. The van der Waals surface area contributed by atoms with Crippen molar-refractivity contribution >= 4 is 17.8 Å². The average molecular weight is 373 g/mol. The average Bonchev–Trinajstić information content (AvgIpc) is 3.04. The Labute approximate surface area is 161 Å². The summed E-state index contributed by atoms with van der Waals surface area (Å²) >= 11 is 0. The predicted octanol–water partition coefficient (Wildman–Crippen LogP) is 3.93. The van der Waals surface area contributed by atoms with Crippen LogP contribution < -0.4 is 14.2 Å². The van der Waals surface area contributed by atoms with Gasteiger partial charge in [0.1, 0.15) is 17.2 Å². The minimum Gasteiger partial charge on any atom is -0.497 e. The molecule has 0 aliphatic carbocycles. The van der Waals surface area contributed by atoms with Gasteiger partial charge in [-0.2, -0.15) is 0 Å². The van der Waals surface area contributed by atoms with Gasteiger partial charge in [-0.25, -0.2) is 4.79 Å². The molecule has 2 heterocycles. The number of allylic oxidation sites excluding steroid dienone is 1. The largest absolute Gasteiger partial charge is 0.497 e. The molecule has 28 heavy (non-hydrogen) atoms. The summed E-state index contributed by atoms with van der Waals surface area (Å²) in [6, 6.07) is 15.2. The third-order valence-electron chi connectivity index (χ3n) is 4.16. The van der Waals surface area contributed by atoms with E-state index < -0.39 is 5.97 Å². The highest BCUT2D eigenvalue weighted by Gasteiger charge is 2.28. The summed E-state index contributed by atoms with van der Waals surface area (Å²) in [5.41, 5.74) is 1.56. The van der Waals surface area contributed by atoms with Gasteiger partial charge in [0.25, 0.3) is 0 Å². The van der Waals surface area contributed by atoms with E-state index in [0.717, 1.165) is 11.3 Å². The molecule has 6 nitrogen and oxygen atoms in total. The van der Waals surface area contributed by atoms with Gasteiger partial charge in [0.2, 0.25) is 5.78 Å². The summed E-state index contributed by atoms with van der Waals surface area (Å²) in [5, 5.41) is 0. The molecule has 0 radical (unpaired) electrons. The molecule has 0 spiro atoms. The quantitative estimate of drug-likeness (QED) is 0.392. The Balaban J connectivity index is 1.54. The molecule has 6 heteroatoms. The van der Waals surface area contributed by atoms with E-state index in [1.54, 1.807) is 55.8 Å². The lowest BCUT2D eigenvalue weighted by molar-refractivity contribution is 0.0734. The standard InChI is InChI=1S/C22H15NO5/c1-26-16-6-4-14(5-7-16)11-20-21(24)18-9-8-17(12-19(18)28-20)27-22(25)15-3-2-10-23-13-15/h2-13H,1H3/b20-11-. The van der Waals surface area contributed by atoms with E-state index in [1.165, 1.54) is 12.3 Å². The number of ketones is 1. The summed E-state index contributed by atoms with van der Waals surface area (Å²) in [6.07, 6.45) is 4.65.